The largest absolute Gasteiger partial charge is 0.478 e. The fourth-order valence-electron chi connectivity index (χ4n) is 3.36. The van der Waals surface area contributed by atoms with Crippen LogP contribution >= 0.6 is 0 Å². The maximum atomic E-state index is 12.4. The zero-order valence-corrected chi connectivity index (χ0v) is 20.2. The topological polar surface area (TPSA) is 130 Å². The molecule has 0 saturated carbocycles. The van der Waals surface area contributed by atoms with E-state index < -0.39 is 25.8 Å². The SMILES string of the molecule is CS(=O)(=O)c1ccc(S(=O)(=O)NCCCCC(/C=C/C(=O)O)CCCc2cccnc2)cc1. The molecule has 0 aliphatic rings. The summed E-state index contributed by atoms with van der Waals surface area (Å²) in [5.41, 5.74) is 1.14. The molecule has 2 aromatic rings. The second-order valence-corrected chi connectivity index (χ2v) is 11.6. The van der Waals surface area contributed by atoms with Gasteiger partial charge in [0.05, 0.1) is 9.79 Å². The van der Waals surface area contributed by atoms with E-state index in [4.69, 9.17) is 5.11 Å². The van der Waals surface area contributed by atoms with Gasteiger partial charge in [0.1, 0.15) is 0 Å². The quantitative estimate of drug-likeness (QED) is 0.305. The molecule has 0 spiro atoms. The van der Waals surface area contributed by atoms with Crippen molar-refractivity contribution >= 4 is 25.8 Å². The maximum Gasteiger partial charge on any atom is 0.327 e. The summed E-state index contributed by atoms with van der Waals surface area (Å²) in [6, 6.07) is 8.99. The third-order valence-corrected chi connectivity index (χ3v) is 7.74. The number of rotatable bonds is 14. The Morgan fingerprint density at radius 2 is 1.70 bits per heavy atom. The average Bonchev–Trinajstić information content (AvgIpc) is 2.77. The van der Waals surface area contributed by atoms with Crippen LogP contribution in [0.2, 0.25) is 0 Å². The van der Waals surface area contributed by atoms with Gasteiger partial charge in [-0.1, -0.05) is 18.6 Å². The van der Waals surface area contributed by atoms with Gasteiger partial charge >= 0.3 is 5.97 Å². The Kier molecular flexibility index (Phi) is 10.2. The Hall–Kier alpha value is -2.56. The number of sulfonamides is 1. The lowest BCUT2D eigenvalue weighted by Crippen LogP contribution is -2.24. The first-order valence-corrected chi connectivity index (χ1v) is 14.1. The fourth-order valence-corrected chi connectivity index (χ4v) is 5.06. The van der Waals surface area contributed by atoms with Crippen LogP contribution in [-0.2, 0) is 31.1 Å². The van der Waals surface area contributed by atoms with Crippen molar-refractivity contribution in [3.8, 4) is 0 Å². The summed E-state index contributed by atoms with van der Waals surface area (Å²) >= 11 is 0. The van der Waals surface area contributed by atoms with E-state index in [0.29, 0.717) is 6.42 Å². The molecule has 10 heteroatoms. The molecule has 1 unspecified atom stereocenters. The lowest BCUT2D eigenvalue weighted by Gasteiger charge is -2.13. The number of hydrogen-bond acceptors (Lipinski definition) is 6. The molecule has 0 aliphatic heterocycles. The first-order chi connectivity index (χ1) is 15.6. The van der Waals surface area contributed by atoms with Crippen LogP contribution < -0.4 is 4.72 Å². The van der Waals surface area contributed by atoms with Crippen LogP contribution in [0.4, 0.5) is 0 Å². The van der Waals surface area contributed by atoms with E-state index in [1.165, 1.54) is 24.3 Å². The summed E-state index contributed by atoms with van der Waals surface area (Å²) in [5.74, 6) is -0.889. The summed E-state index contributed by atoms with van der Waals surface area (Å²) in [6.07, 6.45) is 12.2. The van der Waals surface area contributed by atoms with Gasteiger partial charge < -0.3 is 5.11 Å². The zero-order chi connectivity index (χ0) is 24.3. The lowest BCUT2D eigenvalue weighted by molar-refractivity contribution is -0.131. The van der Waals surface area contributed by atoms with Crippen molar-refractivity contribution < 1.29 is 26.7 Å². The van der Waals surface area contributed by atoms with Crippen molar-refractivity contribution in [3.05, 3.63) is 66.5 Å². The van der Waals surface area contributed by atoms with Crippen molar-refractivity contribution in [2.75, 3.05) is 12.8 Å². The minimum atomic E-state index is -3.73. The molecule has 0 aliphatic carbocycles. The van der Waals surface area contributed by atoms with E-state index in [1.54, 1.807) is 12.3 Å². The van der Waals surface area contributed by atoms with Gasteiger partial charge in [0, 0.05) is 31.3 Å². The Morgan fingerprint density at radius 1 is 1.03 bits per heavy atom. The van der Waals surface area contributed by atoms with Crippen LogP contribution in [0.3, 0.4) is 0 Å². The van der Waals surface area contributed by atoms with Crippen LogP contribution in [0.1, 0.15) is 37.7 Å². The predicted molar refractivity (Wildman–Crippen MR) is 126 cm³/mol. The number of hydrogen-bond donors (Lipinski definition) is 2. The molecule has 0 radical (unpaired) electrons. The van der Waals surface area contributed by atoms with Gasteiger partial charge in [0.25, 0.3) is 0 Å². The molecule has 0 saturated heterocycles. The van der Waals surface area contributed by atoms with E-state index in [0.717, 1.165) is 50.0 Å². The number of carboxylic acids is 1. The minimum absolute atomic E-state index is 0.00701. The summed E-state index contributed by atoms with van der Waals surface area (Å²) in [4.78, 5) is 15.1. The van der Waals surface area contributed by atoms with Crippen molar-refractivity contribution in [1.29, 1.82) is 0 Å². The van der Waals surface area contributed by atoms with Crippen molar-refractivity contribution in [3.63, 3.8) is 0 Å². The number of benzene rings is 1. The molecule has 180 valence electrons. The third-order valence-electron chi connectivity index (χ3n) is 5.13. The van der Waals surface area contributed by atoms with Gasteiger partial charge in [-0.25, -0.2) is 26.4 Å². The average molecular weight is 495 g/mol. The fraction of sp³-hybridized carbons (Fsp3) is 0.391. The van der Waals surface area contributed by atoms with Crippen molar-refractivity contribution in [2.24, 2.45) is 5.92 Å². The molecule has 1 aromatic carbocycles. The molecular weight excluding hydrogens is 464 g/mol. The highest BCUT2D eigenvalue weighted by Crippen LogP contribution is 2.19. The lowest BCUT2D eigenvalue weighted by atomic mass is 9.94. The van der Waals surface area contributed by atoms with Crippen LogP contribution in [0.25, 0.3) is 0 Å². The molecule has 0 amide bonds. The molecule has 2 N–H and O–H groups in total. The maximum absolute atomic E-state index is 12.4. The van der Waals surface area contributed by atoms with Crippen LogP contribution in [0.5, 0.6) is 0 Å². The van der Waals surface area contributed by atoms with Crippen LogP contribution in [-0.4, -0.2) is 45.7 Å². The van der Waals surface area contributed by atoms with E-state index in [2.05, 4.69) is 9.71 Å². The summed E-state index contributed by atoms with van der Waals surface area (Å²) < 4.78 is 50.3. The van der Waals surface area contributed by atoms with Gasteiger partial charge in [0.15, 0.2) is 9.84 Å². The van der Waals surface area contributed by atoms with Gasteiger partial charge in [0.2, 0.25) is 10.0 Å². The Morgan fingerprint density at radius 3 is 2.30 bits per heavy atom. The van der Waals surface area contributed by atoms with Crippen LogP contribution in [0, 0.1) is 5.92 Å². The third kappa shape index (κ3) is 9.85. The van der Waals surface area contributed by atoms with E-state index in [1.807, 2.05) is 18.3 Å². The Bertz CT molecular complexity index is 1130. The minimum Gasteiger partial charge on any atom is -0.478 e. The smallest absolute Gasteiger partial charge is 0.327 e. The summed E-state index contributed by atoms with van der Waals surface area (Å²) in [6.45, 7) is 0.237. The van der Waals surface area contributed by atoms with Gasteiger partial charge in [-0.05, 0) is 73.9 Å². The number of aliphatic carboxylic acids is 1. The highest BCUT2D eigenvalue weighted by molar-refractivity contribution is 7.90. The summed E-state index contributed by atoms with van der Waals surface area (Å²) in [5, 5.41) is 8.93. The second-order valence-electron chi connectivity index (χ2n) is 7.85. The predicted octanol–water partition coefficient (Wildman–Crippen LogP) is 3.21. The van der Waals surface area contributed by atoms with E-state index >= 15 is 0 Å². The van der Waals surface area contributed by atoms with Crippen molar-refractivity contribution in [1.82, 2.24) is 9.71 Å². The number of aryl methyl sites for hydroxylation is 1. The molecule has 1 heterocycles. The standard InChI is InChI=1S/C23H30N2O6S2/c1-32(28,29)21-11-13-22(14-12-21)33(30,31)25-17-3-2-6-19(10-15-23(26)27)7-4-8-20-9-5-16-24-18-20/h5,9-16,18-19,25H,2-4,6-8,17H2,1H3,(H,26,27)/b15-10+. The highest BCUT2D eigenvalue weighted by Gasteiger charge is 2.15. The first-order valence-electron chi connectivity index (χ1n) is 10.7. The molecule has 0 bridgehead atoms. The second kappa shape index (κ2) is 12.6. The molecule has 1 aromatic heterocycles. The Balaban J connectivity index is 1.80. The van der Waals surface area contributed by atoms with Crippen molar-refractivity contribution in [2.45, 2.75) is 48.3 Å². The zero-order valence-electron chi connectivity index (χ0n) is 18.6. The van der Waals surface area contributed by atoms with Gasteiger partial charge in [-0.3, -0.25) is 4.98 Å². The number of carboxylic acid groups (broad SMARTS) is 1. The number of unbranched alkanes of at least 4 members (excludes halogenated alkanes) is 1. The number of aromatic nitrogens is 1. The highest BCUT2D eigenvalue weighted by atomic mass is 32.2. The summed E-state index contributed by atoms with van der Waals surface area (Å²) in [7, 11) is -7.12. The number of sulfone groups is 1. The molecule has 1 atom stereocenters. The van der Waals surface area contributed by atoms with Crippen LogP contribution in [0.15, 0.2) is 70.7 Å². The van der Waals surface area contributed by atoms with Gasteiger partial charge in [-0.2, -0.15) is 0 Å². The molecule has 2 rings (SSSR count). The number of pyridine rings is 1. The van der Waals surface area contributed by atoms with Gasteiger partial charge in [-0.15, -0.1) is 0 Å². The van der Waals surface area contributed by atoms with E-state index in [9.17, 15) is 21.6 Å². The molecular formula is C23H30N2O6S2. The number of allylic oxidation sites excluding steroid dienone is 1. The monoisotopic (exact) mass is 494 g/mol. The van der Waals surface area contributed by atoms with E-state index in [-0.39, 0.29) is 22.3 Å². The number of carbonyl (C=O) groups is 1. The first kappa shape index (κ1) is 26.7. The normalized spacial score (nSPS) is 13.2. The number of nitrogens with zero attached hydrogens (tertiary/aromatic N) is 1. The number of nitrogens with one attached hydrogen (secondary N) is 1. The Labute approximate surface area is 195 Å². The molecule has 0 fully saturated rings. The molecule has 8 nitrogen and oxygen atoms in total. The molecule has 33 heavy (non-hydrogen) atoms.